The lowest BCUT2D eigenvalue weighted by molar-refractivity contribution is -0.384. The molecule has 0 aromatic carbocycles. The number of nitrogens with zero attached hydrogens (tertiary/aromatic N) is 3. The molecule has 1 aromatic heterocycles. The van der Waals surface area contributed by atoms with Crippen molar-refractivity contribution in [1.82, 2.24) is 4.98 Å². The van der Waals surface area contributed by atoms with Gasteiger partial charge in [0.2, 0.25) is 5.82 Å². The van der Waals surface area contributed by atoms with Crippen LogP contribution in [0.5, 0.6) is 0 Å². The van der Waals surface area contributed by atoms with Gasteiger partial charge in [-0.2, -0.15) is 0 Å². The van der Waals surface area contributed by atoms with Crippen LogP contribution in [0.2, 0.25) is 0 Å². The Morgan fingerprint density at radius 2 is 2.32 bits per heavy atom. The number of anilines is 2. The van der Waals surface area contributed by atoms with Gasteiger partial charge in [0, 0.05) is 12.6 Å². The van der Waals surface area contributed by atoms with Crippen LogP contribution < -0.4 is 10.6 Å². The number of aromatic nitrogens is 1. The third-order valence-corrected chi connectivity index (χ3v) is 3.86. The molecule has 2 N–H and O–H groups in total. The van der Waals surface area contributed by atoms with Crippen molar-refractivity contribution in [2.75, 3.05) is 23.8 Å². The van der Waals surface area contributed by atoms with Crippen LogP contribution in [0, 0.1) is 10.1 Å². The predicted octanol–water partition coefficient (Wildman–Crippen LogP) is 1.33. The lowest BCUT2D eigenvalue weighted by Gasteiger charge is -2.38. The maximum absolute atomic E-state index is 10.7. The molecule has 1 aliphatic heterocycles. The lowest BCUT2D eigenvalue weighted by atomic mass is 10.1. The van der Waals surface area contributed by atoms with Gasteiger partial charge < -0.3 is 15.4 Å². The van der Waals surface area contributed by atoms with Crippen molar-refractivity contribution >= 4 is 17.3 Å². The molecule has 2 heterocycles. The highest BCUT2D eigenvalue weighted by atomic mass is 16.6. The molecule has 0 spiro atoms. The minimum absolute atomic E-state index is 0.0245. The zero-order chi connectivity index (χ0) is 13.4. The first-order valence-electron chi connectivity index (χ1n) is 6.46. The summed E-state index contributed by atoms with van der Waals surface area (Å²) in [6.07, 6.45) is 3.55. The summed E-state index contributed by atoms with van der Waals surface area (Å²) in [6.45, 7) is 1.42. The van der Waals surface area contributed by atoms with Crippen molar-refractivity contribution in [3.8, 4) is 0 Å². The largest absolute Gasteiger partial charge is 0.378 e. The van der Waals surface area contributed by atoms with E-state index in [9.17, 15) is 10.1 Å². The Morgan fingerprint density at radius 1 is 1.47 bits per heavy atom. The van der Waals surface area contributed by atoms with Crippen LogP contribution in [0.4, 0.5) is 17.3 Å². The normalized spacial score (nSPS) is 26.2. The molecule has 0 amide bonds. The molecule has 2 unspecified atom stereocenters. The third kappa shape index (κ3) is 2.10. The number of rotatable bonds is 2. The maximum atomic E-state index is 10.7. The molecule has 1 aromatic rings. The van der Waals surface area contributed by atoms with E-state index < -0.39 is 4.92 Å². The Hall–Kier alpha value is -1.89. The maximum Gasteiger partial charge on any atom is 0.311 e. The summed E-state index contributed by atoms with van der Waals surface area (Å²) in [5.41, 5.74) is 5.52. The standard InChI is InChI=1S/C12H16N4O3/c13-12-9(16(17)18)4-5-11(14-12)15-6-7-19-10-3-1-2-8(10)15/h4-5,8,10H,1-3,6-7H2,(H2,13,14). The van der Waals surface area contributed by atoms with Crippen molar-refractivity contribution in [2.45, 2.75) is 31.4 Å². The molecule has 2 atom stereocenters. The van der Waals surface area contributed by atoms with Gasteiger partial charge >= 0.3 is 5.69 Å². The topological polar surface area (TPSA) is 94.5 Å². The predicted molar refractivity (Wildman–Crippen MR) is 70.0 cm³/mol. The number of nitro groups is 1. The molecule has 1 aliphatic carbocycles. The second-order valence-corrected chi connectivity index (χ2v) is 4.93. The molecule has 3 rings (SSSR count). The summed E-state index contributed by atoms with van der Waals surface area (Å²) in [6, 6.07) is 3.42. The van der Waals surface area contributed by atoms with Crippen LogP contribution >= 0.6 is 0 Å². The van der Waals surface area contributed by atoms with Crippen LogP contribution in [0.3, 0.4) is 0 Å². The van der Waals surface area contributed by atoms with Crippen LogP contribution in [0.1, 0.15) is 19.3 Å². The molecular weight excluding hydrogens is 248 g/mol. The minimum Gasteiger partial charge on any atom is -0.378 e. The van der Waals surface area contributed by atoms with Gasteiger partial charge in [-0.1, -0.05) is 0 Å². The average Bonchev–Trinajstić information content (AvgIpc) is 2.86. The van der Waals surface area contributed by atoms with E-state index in [-0.39, 0.29) is 17.6 Å². The number of nitrogens with two attached hydrogens (primary N) is 1. The van der Waals surface area contributed by atoms with Crippen molar-refractivity contribution < 1.29 is 9.66 Å². The molecule has 19 heavy (non-hydrogen) atoms. The van der Waals surface area contributed by atoms with Gasteiger partial charge in [-0.05, 0) is 25.3 Å². The highest BCUT2D eigenvalue weighted by molar-refractivity contribution is 5.58. The zero-order valence-electron chi connectivity index (χ0n) is 10.5. The second kappa shape index (κ2) is 4.65. The van der Waals surface area contributed by atoms with Crippen LogP contribution in [0.15, 0.2) is 12.1 Å². The van der Waals surface area contributed by atoms with Gasteiger partial charge in [0.15, 0.2) is 0 Å². The Labute approximate surface area is 110 Å². The Morgan fingerprint density at radius 3 is 3.05 bits per heavy atom. The van der Waals surface area contributed by atoms with E-state index in [0.29, 0.717) is 18.5 Å². The van der Waals surface area contributed by atoms with Crippen molar-refractivity contribution in [3.05, 3.63) is 22.2 Å². The second-order valence-electron chi connectivity index (χ2n) is 4.93. The molecule has 1 saturated heterocycles. The quantitative estimate of drug-likeness (QED) is 0.639. The molecule has 2 fully saturated rings. The van der Waals surface area contributed by atoms with E-state index in [1.54, 1.807) is 6.07 Å². The number of pyridine rings is 1. The van der Waals surface area contributed by atoms with E-state index in [0.717, 1.165) is 25.8 Å². The first-order valence-corrected chi connectivity index (χ1v) is 6.46. The number of hydrogen-bond donors (Lipinski definition) is 1. The fourth-order valence-corrected chi connectivity index (χ4v) is 2.98. The highest BCUT2D eigenvalue weighted by Crippen LogP contribution is 2.33. The molecule has 1 saturated carbocycles. The Balaban J connectivity index is 1.89. The van der Waals surface area contributed by atoms with E-state index >= 15 is 0 Å². The molecule has 102 valence electrons. The van der Waals surface area contributed by atoms with Crippen LogP contribution in [-0.4, -0.2) is 35.2 Å². The smallest absolute Gasteiger partial charge is 0.311 e. The van der Waals surface area contributed by atoms with Crippen LogP contribution in [0.25, 0.3) is 0 Å². The van der Waals surface area contributed by atoms with Crippen LogP contribution in [-0.2, 0) is 4.74 Å². The summed E-state index contributed by atoms with van der Waals surface area (Å²) in [7, 11) is 0. The summed E-state index contributed by atoms with van der Waals surface area (Å²) < 4.78 is 5.74. The lowest BCUT2D eigenvalue weighted by Crippen LogP contribution is -2.49. The summed E-state index contributed by atoms with van der Waals surface area (Å²) in [5.74, 6) is 0.687. The highest BCUT2D eigenvalue weighted by Gasteiger charge is 2.36. The summed E-state index contributed by atoms with van der Waals surface area (Å²) >= 11 is 0. The van der Waals surface area contributed by atoms with Crippen molar-refractivity contribution in [3.63, 3.8) is 0 Å². The number of hydrogen-bond acceptors (Lipinski definition) is 6. The van der Waals surface area contributed by atoms with E-state index in [1.807, 2.05) is 0 Å². The van der Waals surface area contributed by atoms with Gasteiger partial charge in [-0.15, -0.1) is 0 Å². The monoisotopic (exact) mass is 264 g/mol. The SMILES string of the molecule is Nc1nc(N2CCOC3CCCC32)ccc1[N+](=O)[O-]. The van der Waals surface area contributed by atoms with Gasteiger partial charge in [0.1, 0.15) is 5.82 Å². The van der Waals surface area contributed by atoms with E-state index in [4.69, 9.17) is 10.5 Å². The molecule has 7 nitrogen and oxygen atoms in total. The molecular formula is C12H16N4O3. The fraction of sp³-hybridized carbons (Fsp3) is 0.583. The van der Waals surface area contributed by atoms with Gasteiger partial charge in [0.05, 0.1) is 23.7 Å². The summed E-state index contributed by atoms with van der Waals surface area (Å²) in [4.78, 5) is 16.6. The average molecular weight is 264 g/mol. The number of ether oxygens (including phenoxy) is 1. The molecule has 0 bridgehead atoms. The van der Waals surface area contributed by atoms with Gasteiger partial charge in [-0.25, -0.2) is 4.98 Å². The zero-order valence-corrected chi connectivity index (χ0v) is 10.5. The minimum atomic E-state index is -0.510. The Kier molecular flexibility index (Phi) is 2.98. The number of nitrogen functional groups attached to an aromatic ring is 1. The fourth-order valence-electron chi connectivity index (χ4n) is 2.98. The summed E-state index contributed by atoms with van der Waals surface area (Å²) in [5, 5.41) is 10.7. The van der Waals surface area contributed by atoms with Crippen molar-refractivity contribution in [1.29, 1.82) is 0 Å². The molecule has 7 heteroatoms. The van der Waals surface area contributed by atoms with E-state index in [2.05, 4.69) is 9.88 Å². The third-order valence-electron chi connectivity index (χ3n) is 3.86. The number of morpholine rings is 1. The number of fused-ring (bicyclic) bond motifs is 1. The van der Waals surface area contributed by atoms with E-state index in [1.165, 1.54) is 6.07 Å². The Bertz CT molecular complexity index is 508. The van der Waals surface area contributed by atoms with Gasteiger partial charge in [0.25, 0.3) is 0 Å². The first-order chi connectivity index (χ1) is 9.16. The van der Waals surface area contributed by atoms with Gasteiger partial charge in [-0.3, -0.25) is 10.1 Å². The first kappa shape index (κ1) is 12.2. The molecule has 0 radical (unpaired) electrons. The molecule has 2 aliphatic rings. The van der Waals surface area contributed by atoms with Crippen molar-refractivity contribution in [2.24, 2.45) is 0 Å².